The molecule has 0 aromatic carbocycles. The fraction of sp³-hybridized carbons (Fsp3) is 1.00. The third-order valence-electron chi connectivity index (χ3n) is 1.68. The van der Waals surface area contributed by atoms with Crippen molar-refractivity contribution in [2.75, 3.05) is 32.1 Å². The predicted molar refractivity (Wildman–Crippen MR) is 50.8 cm³/mol. The van der Waals surface area contributed by atoms with Crippen LogP contribution in [0.15, 0.2) is 0 Å². The van der Waals surface area contributed by atoms with E-state index in [9.17, 15) is 0 Å². The molecule has 0 unspecified atom stereocenters. The molecule has 0 aliphatic rings. The monoisotopic (exact) mass is 161 g/mol. The average Bonchev–Trinajstić information content (AvgIpc) is 1.98. The van der Waals surface area contributed by atoms with Crippen molar-refractivity contribution in [3.63, 3.8) is 0 Å². The number of thioether (sulfide) groups is 1. The molecule has 0 bridgehead atoms. The molecule has 10 heavy (non-hydrogen) atoms. The highest BCUT2D eigenvalue weighted by molar-refractivity contribution is 7.98. The summed E-state index contributed by atoms with van der Waals surface area (Å²) in [4.78, 5) is 2.36. The van der Waals surface area contributed by atoms with Gasteiger partial charge in [0.05, 0.1) is 0 Å². The largest absolute Gasteiger partial charge is 0.307 e. The quantitative estimate of drug-likeness (QED) is 0.549. The second-order valence-electron chi connectivity index (χ2n) is 2.60. The van der Waals surface area contributed by atoms with E-state index < -0.39 is 0 Å². The number of hydrogen-bond donors (Lipinski definition) is 0. The molecule has 0 rings (SSSR count). The van der Waals surface area contributed by atoms with E-state index >= 15 is 0 Å². The van der Waals surface area contributed by atoms with Crippen molar-refractivity contribution in [3.8, 4) is 0 Å². The highest BCUT2D eigenvalue weighted by Gasteiger charge is 1.92. The average molecular weight is 161 g/mol. The Balaban J connectivity index is 2.89. The minimum absolute atomic E-state index is 1.18. The van der Waals surface area contributed by atoms with Crippen LogP contribution < -0.4 is 0 Å². The Morgan fingerprint density at radius 3 is 2.50 bits per heavy atom. The maximum atomic E-state index is 2.36. The number of unbranched alkanes of at least 4 members (excludes halogenated alkanes) is 1. The molecular formula is C8H19NS. The summed E-state index contributed by atoms with van der Waals surface area (Å²) < 4.78 is 0. The van der Waals surface area contributed by atoms with Crippen LogP contribution in [0, 0.1) is 0 Å². The SMILES string of the molecule is CCN(C)CCCCSC. The van der Waals surface area contributed by atoms with Crippen molar-refractivity contribution in [2.45, 2.75) is 19.8 Å². The summed E-state index contributed by atoms with van der Waals surface area (Å²) >= 11 is 1.94. The Morgan fingerprint density at radius 1 is 1.30 bits per heavy atom. The van der Waals surface area contributed by atoms with Crippen molar-refractivity contribution >= 4 is 11.8 Å². The maximum Gasteiger partial charge on any atom is -0.00216 e. The first-order valence-electron chi connectivity index (χ1n) is 3.98. The molecule has 62 valence electrons. The lowest BCUT2D eigenvalue weighted by Crippen LogP contribution is -2.18. The van der Waals surface area contributed by atoms with E-state index in [-0.39, 0.29) is 0 Å². The van der Waals surface area contributed by atoms with Crippen LogP contribution in [0.4, 0.5) is 0 Å². The topological polar surface area (TPSA) is 3.24 Å². The second-order valence-corrected chi connectivity index (χ2v) is 3.58. The Hall–Kier alpha value is 0.310. The summed E-state index contributed by atoms with van der Waals surface area (Å²) in [6.45, 7) is 4.64. The zero-order valence-corrected chi connectivity index (χ0v) is 8.21. The van der Waals surface area contributed by atoms with Gasteiger partial charge in [0.25, 0.3) is 0 Å². The molecule has 2 heteroatoms. The molecule has 0 N–H and O–H groups in total. The molecule has 0 radical (unpaired) electrons. The van der Waals surface area contributed by atoms with Crippen molar-refractivity contribution in [1.29, 1.82) is 0 Å². The van der Waals surface area contributed by atoms with E-state index in [2.05, 4.69) is 25.1 Å². The molecule has 0 saturated carbocycles. The van der Waals surface area contributed by atoms with Gasteiger partial charge in [-0.1, -0.05) is 6.92 Å². The zero-order valence-electron chi connectivity index (χ0n) is 7.39. The third-order valence-corrected chi connectivity index (χ3v) is 2.38. The van der Waals surface area contributed by atoms with E-state index in [1.54, 1.807) is 0 Å². The van der Waals surface area contributed by atoms with E-state index in [1.165, 1.54) is 31.7 Å². The van der Waals surface area contributed by atoms with Gasteiger partial charge in [0.2, 0.25) is 0 Å². The Morgan fingerprint density at radius 2 is 2.00 bits per heavy atom. The molecule has 0 fully saturated rings. The molecule has 0 aromatic rings. The Bertz CT molecular complexity index is 66.3. The summed E-state index contributed by atoms with van der Waals surface area (Å²) in [5.74, 6) is 1.32. The van der Waals surface area contributed by atoms with Crippen LogP contribution in [-0.4, -0.2) is 37.0 Å². The van der Waals surface area contributed by atoms with Crippen LogP contribution in [0.3, 0.4) is 0 Å². The van der Waals surface area contributed by atoms with Gasteiger partial charge in [-0.25, -0.2) is 0 Å². The van der Waals surface area contributed by atoms with E-state index in [4.69, 9.17) is 0 Å². The van der Waals surface area contributed by atoms with Gasteiger partial charge in [-0.05, 0) is 45.0 Å². The van der Waals surface area contributed by atoms with Crippen LogP contribution in [0.2, 0.25) is 0 Å². The van der Waals surface area contributed by atoms with Gasteiger partial charge in [0.15, 0.2) is 0 Å². The summed E-state index contributed by atoms with van der Waals surface area (Å²) in [7, 11) is 2.18. The molecule has 0 amide bonds. The summed E-state index contributed by atoms with van der Waals surface area (Å²) in [5.41, 5.74) is 0. The molecule has 0 aromatic heterocycles. The van der Waals surface area contributed by atoms with Gasteiger partial charge in [-0.2, -0.15) is 11.8 Å². The Labute approximate surface area is 69.2 Å². The normalized spacial score (nSPS) is 10.8. The van der Waals surface area contributed by atoms with Gasteiger partial charge >= 0.3 is 0 Å². The predicted octanol–water partition coefficient (Wildman–Crippen LogP) is 2.08. The van der Waals surface area contributed by atoms with E-state index in [0.717, 1.165) is 0 Å². The smallest absolute Gasteiger partial charge is 0.00216 e. The second kappa shape index (κ2) is 7.42. The first kappa shape index (κ1) is 10.3. The summed E-state index contributed by atoms with van der Waals surface area (Å²) in [6, 6.07) is 0. The van der Waals surface area contributed by atoms with E-state index in [0.29, 0.717) is 0 Å². The molecule has 0 spiro atoms. The molecule has 0 heterocycles. The molecule has 0 aliphatic heterocycles. The lowest BCUT2D eigenvalue weighted by atomic mass is 10.3. The third kappa shape index (κ3) is 6.43. The standard InChI is InChI=1S/C8H19NS/c1-4-9(2)7-5-6-8-10-3/h4-8H2,1-3H3. The lowest BCUT2D eigenvalue weighted by molar-refractivity contribution is 0.346. The number of hydrogen-bond acceptors (Lipinski definition) is 2. The highest BCUT2D eigenvalue weighted by Crippen LogP contribution is 1.99. The molecule has 0 aliphatic carbocycles. The van der Waals surface area contributed by atoms with Crippen LogP contribution in [0.1, 0.15) is 19.8 Å². The number of nitrogens with zero attached hydrogens (tertiary/aromatic N) is 1. The highest BCUT2D eigenvalue weighted by atomic mass is 32.2. The van der Waals surface area contributed by atoms with Crippen molar-refractivity contribution in [1.82, 2.24) is 4.90 Å². The van der Waals surface area contributed by atoms with Crippen molar-refractivity contribution < 1.29 is 0 Å². The van der Waals surface area contributed by atoms with Gasteiger partial charge in [0, 0.05) is 0 Å². The molecular weight excluding hydrogens is 142 g/mol. The maximum absolute atomic E-state index is 2.36. The van der Waals surface area contributed by atoms with Crippen LogP contribution in [0.25, 0.3) is 0 Å². The first-order valence-corrected chi connectivity index (χ1v) is 5.38. The molecule has 0 saturated heterocycles. The summed E-state index contributed by atoms with van der Waals surface area (Å²) in [5, 5.41) is 0. The fourth-order valence-electron chi connectivity index (χ4n) is 0.786. The van der Waals surface area contributed by atoms with Crippen LogP contribution >= 0.6 is 11.8 Å². The Kier molecular flexibility index (Phi) is 7.65. The minimum atomic E-state index is 1.18. The van der Waals surface area contributed by atoms with Crippen molar-refractivity contribution in [2.24, 2.45) is 0 Å². The zero-order chi connectivity index (χ0) is 7.82. The van der Waals surface area contributed by atoms with Crippen molar-refractivity contribution in [3.05, 3.63) is 0 Å². The molecule has 1 nitrogen and oxygen atoms in total. The van der Waals surface area contributed by atoms with Gasteiger partial charge in [0.1, 0.15) is 0 Å². The fourth-order valence-corrected chi connectivity index (χ4v) is 1.28. The van der Waals surface area contributed by atoms with Gasteiger partial charge < -0.3 is 4.90 Å². The van der Waals surface area contributed by atoms with Crippen LogP contribution in [0.5, 0.6) is 0 Å². The molecule has 0 atom stereocenters. The summed E-state index contributed by atoms with van der Waals surface area (Å²) in [6.07, 6.45) is 4.89. The van der Waals surface area contributed by atoms with Crippen LogP contribution in [-0.2, 0) is 0 Å². The van der Waals surface area contributed by atoms with E-state index in [1.807, 2.05) is 11.8 Å². The van der Waals surface area contributed by atoms with Gasteiger partial charge in [-0.3, -0.25) is 0 Å². The minimum Gasteiger partial charge on any atom is -0.307 e. The lowest BCUT2D eigenvalue weighted by Gasteiger charge is -2.12. The number of rotatable bonds is 6. The van der Waals surface area contributed by atoms with Gasteiger partial charge in [-0.15, -0.1) is 0 Å². The first-order chi connectivity index (χ1) is 4.81.